The van der Waals surface area contributed by atoms with E-state index in [2.05, 4.69) is 4.90 Å². The molecular weight excluding hydrogens is 320 g/mol. The van der Waals surface area contributed by atoms with Crippen molar-refractivity contribution in [2.24, 2.45) is 11.7 Å². The summed E-state index contributed by atoms with van der Waals surface area (Å²) in [5, 5.41) is 11.2. The van der Waals surface area contributed by atoms with Crippen LogP contribution >= 0.6 is 0 Å². The van der Waals surface area contributed by atoms with Crippen LogP contribution in [0.1, 0.15) is 43.7 Å². The second-order valence-electron chi connectivity index (χ2n) is 7.20. The van der Waals surface area contributed by atoms with Gasteiger partial charge in [-0.2, -0.15) is 0 Å². The van der Waals surface area contributed by atoms with Gasteiger partial charge < -0.3 is 20.3 Å². The van der Waals surface area contributed by atoms with Gasteiger partial charge in [-0.3, -0.25) is 9.69 Å². The van der Waals surface area contributed by atoms with Crippen LogP contribution in [0.5, 0.6) is 11.5 Å². The predicted octanol–water partition coefficient (Wildman–Crippen LogP) is 1.86. The summed E-state index contributed by atoms with van der Waals surface area (Å²) in [6.07, 6.45) is 4.57. The van der Waals surface area contributed by atoms with Gasteiger partial charge >= 0.3 is 0 Å². The third kappa shape index (κ3) is 3.46. The number of benzene rings is 1. The van der Waals surface area contributed by atoms with Gasteiger partial charge in [0, 0.05) is 30.1 Å². The van der Waals surface area contributed by atoms with Crippen molar-refractivity contribution >= 4 is 5.91 Å². The third-order valence-electron chi connectivity index (χ3n) is 5.79. The summed E-state index contributed by atoms with van der Waals surface area (Å²) in [7, 11) is 3.25. The molecule has 0 bridgehead atoms. The molecule has 3 rings (SSSR count). The first-order valence-corrected chi connectivity index (χ1v) is 8.95. The van der Waals surface area contributed by atoms with Crippen molar-refractivity contribution in [3.8, 4) is 11.5 Å². The highest BCUT2D eigenvalue weighted by Gasteiger charge is 2.49. The normalized spacial score (nSPS) is 29.7. The standard InChI is InChI=1S/C19H28N2O4/c1-24-13-6-7-14(16(11-13)25-2)18-15-5-3-4-8-19(15,23)9-10-21(18)12-17(20)22/h6-7,11,15,18,23H,3-5,8-10,12H2,1-2H3,(H2,20,22)/t15-,18-,19-/m0/s1. The quantitative estimate of drug-likeness (QED) is 0.848. The van der Waals surface area contributed by atoms with Gasteiger partial charge in [0.25, 0.3) is 0 Å². The summed E-state index contributed by atoms with van der Waals surface area (Å²) < 4.78 is 10.9. The summed E-state index contributed by atoms with van der Waals surface area (Å²) in [5.41, 5.74) is 5.79. The Hall–Kier alpha value is -1.79. The molecule has 25 heavy (non-hydrogen) atoms. The van der Waals surface area contributed by atoms with Gasteiger partial charge in [0.2, 0.25) is 5.91 Å². The Labute approximate surface area is 148 Å². The maximum atomic E-state index is 11.6. The van der Waals surface area contributed by atoms with Crippen molar-refractivity contribution in [3.05, 3.63) is 23.8 Å². The minimum absolute atomic E-state index is 0.0663. The summed E-state index contributed by atoms with van der Waals surface area (Å²) >= 11 is 0. The van der Waals surface area contributed by atoms with Crippen molar-refractivity contribution < 1.29 is 19.4 Å². The van der Waals surface area contributed by atoms with Gasteiger partial charge in [0.15, 0.2) is 0 Å². The highest BCUT2D eigenvalue weighted by atomic mass is 16.5. The summed E-state index contributed by atoms with van der Waals surface area (Å²) in [6.45, 7) is 0.836. The number of primary amides is 1. The van der Waals surface area contributed by atoms with Crippen LogP contribution in [-0.2, 0) is 4.79 Å². The lowest BCUT2D eigenvalue weighted by Gasteiger charge is -2.52. The minimum Gasteiger partial charge on any atom is -0.497 e. The van der Waals surface area contributed by atoms with Crippen LogP contribution in [0.4, 0.5) is 0 Å². The highest BCUT2D eigenvalue weighted by molar-refractivity contribution is 5.76. The number of hydrogen-bond acceptors (Lipinski definition) is 5. The second-order valence-corrected chi connectivity index (χ2v) is 7.20. The number of nitrogens with zero attached hydrogens (tertiary/aromatic N) is 1. The molecule has 1 aliphatic heterocycles. The Morgan fingerprint density at radius 1 is 1.32 bits per heavy atom. The molecule has 1 aromatic rings. The first-order chi connectivity index (χ1) is 12.0. The van der Waals surface area contributed by atoms with Gasteiger partial charge in [-0.05, 0) is 25.3 Å². The molecule has 0 spiro atoms. The lowest BCUT2D eigenvalue weighted by Crippen LogP contribution is -2.56. The number of methoxy groups -OCH3 is 2. The van der Waals surface area contributed by atoms with Crippen LogP contribution in [0.2, 0.25) is 0 Å². The lowest BCUT2D eigenvalue weighted by molar-refractivity contribution is -0.136. The molecule has 1 amide bonds. The molecule has 1 saturated carbocycles. The van der Waals surface area contributed by atoms with Gasteiger partial charge in [-0.25, -0.2) is 0 Å². The predicted molar refractivity (Wildman–Crippen MR) is 94.6 cm³/mol. The van der Waals surface area contributed by atoms with Gasteiger partial charge in [0.1, 0.15) is 11.5 Å². The fraction of sp³-hybridized carbons (Fsp3) is 0.632. The molecule has 0 unspecified atom stereocenters. The average molecular weight is 348 g/mol. The van der Waals surface area contributed by atoms with E-state index >= 15 is 0 Å². The summed E-state index contributed by atoms with van der Waals surface area (Å²) in [5.74, 6) is 1.15. The van der Waals surface area contributed by atoms with E-state index in [1.165, 1.54) is 0 Å². The largest absolute Gasteiger partial charge is 0.497 e. The topological polar surface area (TPSA) is 85.0 Å². The van der Waals surface area contributed by atoms with Gasteiger partial charge in [-0.1, -0.05) is 18.9 Å². The number of fused-ring (bicyclic) bond motifs is 1. The van der Waals surface area contributed by atoms with Crippen molar-refractivity contribution in [1.29, 1.82) is 0 Å². The SMILES string of the molecule is COc1ccc([C@H]2[C@@H]3CCCC[C@]3(O)CCN2CC(N)=O)c(OC)c1. The molecule has 1 aliphatic carbocycles. The van der Waals surface area contributed by atoms with Crippen LogP contribution in [0, 0.1) is 5.92 Å². The molecule has 2 fully saturated rings. The minimum atomic E-state index is -0.679. The van der Waals surface area contributed by atoms with E-state index in [-0.39, 0.29) is 24.4 Å². The fourth-order valence-corrected chi connectivity index (χ4v) is 4.60. The first-order valence-electron chi connectivity index (χ1n) is 8.95. The zero-order chi connectivity index (χ0) is 18.0. The average Bonchev–Trinajstić information content (AvgIpc) is 2.61. The number of ether oxygens (including phenoxy) is 2. The Morgan fingerprint density at radius 2 is 2.12 bits per heavy atom. The van der Waals surface area contributed by atoms with Crippen molar-refractivity contribution in [2.45, 2.75) is 43.7 Å². The van der Waals surface area contributed by atoms with E-state index in [1.54, 1.807) is 14.2 Å². The number of carbonyl (C=O) groups is 1. The highest BCUT2D eigenvalue weighted by Crippen LogP contribution is 2.51. The molecular formula is C19H28N2O4. The van der Waals surface area contributed by atoms with E-state index in [9.17, 15) is 9.90 Å². The van der Waals surface area contributed by atoms with Gasteiger partial charge in [-0.15, -0.1) is 0 Å². The molecule has 0 aromatic heterocycles. The summed E-state index contributed by atoms with van der Waals surface area (Å²) in [6, 6.07) is 5.65. The number of likely N-dealkylation sites (tertiary alicyclic amines) is 1. The number of carbonyl (C=O) groups excluding carboxylic acids is 1. The number of piperidine rings is 1. The van der Waals surface area contributed by atoms with E-state index < -0.39 is 5.60 Å². The lowest BCUT2D eigenvalue weighted by atomic mass is 9.66. The molecule has 138 valence electrons. The van der Waals surface area contributed by atoms with Crippen LogP contribution in [0.15, 0.2) is 18.2 Å². The Kier molecular flexibility index (Phi) is 5.20. The van der Waals surface area contributed by atoms with Crippen molar-refractivity contribution in [3.63, 3.8) is 0 Å². The molecule has 1 saturated heterocycles. The monoisotopic (exact) mass is 348 g/mol. The summed E-state index contributed by atoms with van der Waals surface area (Å²) in [4.78, 5) is 13.7. The second kappa shape index (κ2) is 7.22. The third-order valence-corrected chi connectivity index (χ3v) is 5.79. The number of rotatable bonds is 5. The van der Waals surface area contributed by atoms with Crippen LogP contribution in [-0.4, -0.2) is 48.8 Å². The van der Waals surface area contributed by atoms with Crippen LogP contribution in [0.3, 0.4) is 0 Å². The number of aliphatic hydroxyl groups is 1. The molecule has 3 N–H and O–H groups in total. The van der Waals surface area contributed by atoms with E-state index in [0.717, 1.165) is 37.0 Å². The smallest absolute Gasteiger partial charge is 0.231 e. The number of amides is 1. The van der Waals surface area contributed by atoms with Crippen molar-refractivity contribution in [2.75, 3.05) is 27.3 Å². The molecule has 1 aromatic carbocycles. The van der Waals surface area contributed by atoms with Crippen LogP contribution in [0.25, 0.3) is 0 Å². The van der Waals surface area contributed by atoms with E-state index in [0.29, 0.717) is 18.7 Å². The maximum absolute atomic E-state index is 11.6. The maximum Gasteiger partial charge on any atom is 0.231 e. The number of hydrogen-bond donors (Lipinski definition) is 2. The molecule has 6 nitrogen and oxygen atoms in total. The Morgan fingerprint density at radius 3 is 2.80 bits per heavy atom. The van der Waals surface area contributed by atoms with E-state index in [1.807, 2.05) is 18.2 Å². The molecule has 1 heterocycles. The number of nitrogens with two attached hydrogens (primary N) is 1. The van der Waals surface area contributed by atoms with Gasteiger partial charge in [0.05, 0.1) is 26.4 Å². The molecule has 0 radical (unpaired) electrons. The zero-order valence-electron chi connectivity index (χ0n) is 15.0. The Balaban J connectivity index is 2.04. The van der Waals surface area contributed by atoms with E-state index in [4.69, 9.17) is 15.2 Å². The van der Waals surface area contributed by atoms with Crippen LogP contribution < -0.4 is 15.2 Å². The van der Waals surface area contributed by atoms with Crippen molar-refractivity contribution in [1.82, 2.24) is 4.90 Å². The zero-order valence-corrected chi connectivity index (χ0v) is 15.0. The fourth-order valence-electron chi connectivity index (χ4n) is 4.60. The molecule has 3 atom stereocenters. The first kappa shape index (κ1) is 18.0. The Bertz CT molecular complexity index is 636. The molecule has 2 aliphatic rings. The molecule has 6 heteroatoms.